The lowest BCUT2D eigenvalue weighted by molar-refractivity contribution is 0.414. The number of hydrogen-bond acceptors (Lipinski definition) is 3. The summed E-state index contributed by atoms with van der Waals surface area (Å²) in [6.07, 6.45) is 0. The van der Waals surface area contributed by atoms with Crippen LogP contribution in [0.2, 0.25) is 0 Å². The molecule has 3 nitrogen and oxygen atoms in total. The zero-order chi connectivity index (χ0) is 15.2. The Hall–Kier alpha value is -2.52. The number of ether oxygens (including phenoxy) is 1. The molecule has 22 heavy (non-hydrogen) atoms. The first kappa shape index (κ1) is 14.4. The standard InChI is InChI=1S/C19H19NO2/c1-21-17-9-7-15(8-10-17)13-20-14-18-11-12-19(22-18)16-5-3-2-4-6-16/h2-12,20H,13-14H2,1H3. The molecule has 112 valence electrons. The molecule has 1 heterocycles. The molecule has 0 amide bonds. The van der Waals surface area contributed by atoms with Crippen molar-refractivity contribution in [2.24, 2.45) is 0 Å². The Morgan fingerprint density at radius 1 is 0.864 bits per heavy atom. The van der Waals surface area contributed by atoms with E-state index in [1.54, 1.807) is 7.11 Å². The summed E-state index contributed by atoms with van der Waals surface area (Å²) in [6.45, 7) is 1.50. The number of furan rings is 1. The minimum absolute atomic E-state index is 0.707. The molecule has 1 aromatic heterocycles. The van der Waals surface area contributed by atoms with E-state index in [0.29, 0.717) is 6.54 Å². The van der Waals surface area contributed by atoms with Crippen molar-refractivity contribution in [2.75, 3.05) is 7.11 Å². The average Bonchev–Trinajstić information content (AvgIpc) is 3.05. The minimum Gasteiger partial charge on any atom is -0.497 e. The molecule has 3 rings (SSSR count). The van der Waals surface area contributed by atoms with E-state index in [0.717, 1.165) is 29.4 Å². The predicted octanol–water partition coefficient (Wildman–Crippen LogP) is 4.25. The van der Waals surface area contributed by atoms with E-state index in [2.05, 4.69) is 17.4 Å². The molecule has 0 unspecified atom stereocenters. The highest BCUT2D eigenvalue weighted by atomic mass is 16.5. The van der Waals surface area contributed by atoms with Crippen LogP contribution in [0.3, 0.4) is 0 Å². The maximum Gasteiger partial charge on any atom is 0.134 e. The third-order valence-corrected chi connectivity index (χ3v) is 3.51. The summed E-state index contributed by atoms with van der Waals surface area (Å²) >= 11 is 0. The van der Waals surface area contributed by atoms with Crippen LogP contribution in [0, 0.1) is 0 Å². The van der Waals surface area contributed by atoms with Gasteiger partial charge in [-0.05, 0) is 29.8 Å². The lowest BCUT2D eigenvalue weighted by Crippen LogP contribution is -2.11. The van der Waals surface area contributed by atoms with E-state index in [4.69, 9.17) is 9.15 Å². The zero-order valence-corrected chi connectivity index (χ0v) is 12.6. The molecule has 0 spiro atoms. The predicted molar refractivity (Wildman–Crippen MR) is 87.7 cm³/mol. The molecule has 0 aliphatic heterocycles. The Balaban J connectivity index is 1.54. The van der Waals surface area contributed by atoms with Crippen molar-refractivity contribution in [3.8, 4) is 17.1 Å². The fraction of sp³-hybridized carbons (Fsp3) is 0.158. The van der Waals surface area contributed by atoms with E-state index >= 15 is 0 Å². The Morgan fingerprint density at radius 3 is 2.36 bits per heavy atom. The summed E-state index contributed by atoms with van der Waals surface area (Å²) < 4.78 is 11.0. The Labute approximate surface area is 130 Å². The molecule has 0 saturated heterocycles. The van der Waals surface area contributed by atoms with Gasteiger partial charge in [-0.1, -0.05) is 42.5 Å². The first-order valence-corrected chi connectivity index (χ1v) is 7.33. The van der Waals surface area contributed by atoms with Gasteiger partial charge < -0.3 is 14.5 Å². The molecule has 0 bridgehead atoms. The number of methoxy groups -OCH3 is 1. The summed E-state index contributed by atoms with van der Waals surface area (Å²) in [4.78, 5) is 0. The average molecular weight is 293 g/mol. The van der Waals surface area contributed by atoms with Gasteiger partial charge in [0, 0.05) is 12.1 Å². The van der Waals surface area contributed by atoms with Crippen LogP contribution in [0.15, 0.2) is 71.1 Å². The second-order valence-corrected chi connectivity index (χ2v) is 5.08. The molecule has 3 aromatic rings. The van der Waals surface area contributed by atoms with Crippen molar-refractivity contribution in [3.63, 3.8) is 0 Å². The van der Waals surface area contributed by atoms with E-state index in [-0.39, 0.29) is 0 Å². The molecule has 0 saturated carbocycles. The van der Waals surface area contributed by atoms with E-state index in [9.17, 15) is 0 Å². The maximum absolute atomic E-state index is 5.86. The quantitative estimate of drug-likeness (QED) is 0.738. The van der Waals surface area contributed by atoms with Crippen LogP contribution in [0.5, 0.6) is 5.75 Å². The SMILES string of the molecule is COc1ccc(CNCc2ccc(-c3ccccc3)o2)cc1. The number of hydrogen-bond donors (Lipinski definition) is 1. The highest BCUT2D eigenvalue weighted by molar-refractivity contribution is 5.57. The Morgan fingerprint density at radius 2 is 1.64 bits per heavy atom. The molecule has 0 atom stereocenters. The molecule has 0 aliphatic rings. The van der Waals surface area contributed by atoms with Crippen LogP contribution in [0.1, 0.15) is 11.3 Å². The Bertz CT molecular complexity index is 702. The third-order valence-electron chi connectivity index (χ3n) is 3.51. The summed E-state index contributed by atoms with van der Waals surface area (Å²) in [5, 5.41) is 3.39. The van der Waals surface area contributed by atoms with Crippen LogP contribution in [0.25, 0.3) is 11.3 Å². The number of nitrogens with one attached hydrogen (secondary N) is 1. The molecule has 2 aromatic carbocycles. The van der Waals surface area contributed by atoms with Crippen LogP contribution in [-0.4, -0.2) is 7.11 Å². The first-order chi connectivity index (χ1) is 10.8. The second kappa shape index (κ2) is 6.96. The molecule has 1 N–H and O–H groups in total. The van der Waals surface area contributed by atoms with Crippen molar-refractivity contribution >= 4 is 0 Å². The van der Waals surface area contributed by atoms with Gasteiger partial charge in [-0.2, -0.15) is 0 Å². The summed E-state index contributed by atoms with van der Waals surface area (Å²) in [6, 6.07) is 22.2. The molecule has 3 heteroatoms. The molecular weight excluding hydrogens is 274 g/mol. The van der Waals surface area contributed by atoms with Crippen LogP contribution < -0.4 is 10.1 Å². The third kappa shape index (κ3) is 3.57. The normalized spacial score (nSPS) is 10.6. The summed E-state index contributed by atoms with van der Waals surface area (Å²) in [5.41, 5.74) is 2.32. The zero-order valence-electron chi connectivity index (χ0n) is 12.6. The highest BCUT2D eigenvalue weighted by Crippen LogP contribution is 2.21. The van der Waals surface area contributed by atoms with E-state index in [1.807, 2.05) is 54.6 Å². The lowest BCUT2D eigenvalue weighted by Gasteiger charge is -2.04. The van der Waals surface area contributed by atoms with Gasteiger partial charge in [0.25, 0.3) is 0 Å². The number of benzene rings is 2. The van der Waals surface area contributed by atoms with Crippen LogP contribution in [0.4, 0.5) is 0 Å². The maximum atomic E-state index is 5.86. The summed E-state index contributed by atoms with van der Waals surface area (Å²) in [7, 11) is 1.68. The largest absolute Gasteiger partial charge is 0.497 e. The van der Waals surface area contributed by atoms with Crippen molar-refractivity contribution in [1.82, 2.24) is 5.32 Å². The molecule has 0 fully saturated rings. The minimum atomic E-state index is 0.707. The van der Waals surface area contributed by atoms with Crippen molar-refractivity contribution < 1.29 is 9.15 Å². The van der Waals surface area contributed by atoms with Gasteiger partial charge in [-0.3, -0.25) is 0 Å². The first-order valence-electron chi connectivity index (χ1n) is 7.33. The van der Waals surface area contributed by atoms with Crippen molar-refractivity contribution in [2.45, 2.75) is 13.1 Å². The second-order valence-electron chi connectivity index (χ2n) is 5.08. The van der Waals surface area contributed by atoms with Crippen molar-refractivity contribution in [3.05, 3.63) is 78.1 Å². The highest BCUT2D eigenvalue weighted by Gasteiger charge is 2.04. The number of rotatable bonds is 6. The molecule has 0 aliphatic carbocycles. The smallest absolute Gasteiger partial charge is 0.134 e. The van der Waals surface area contributed by atoms with Gasteiger partial charge in [-0.15, -0.1) is 0 Å². The van der Waals surface area contributed by atoms with Gasteiger partial charge in [0.1, 0.15) is 17.3 Å². The molecular formula is C19H19NO2. The van der Waals surface area contributed by atoms with E-state index < -0.39 is 0 Å². The summed E-state index contributed by atoms with van der Waals surface area (Å²) in [5.74, 6) is 2.72. The van der Waals surface area contributed by atoms with Gasteiger partial charge in [0.05, 0.1) is 13.7 Å². The van der Waals surface area contributed by atoms with E-state index in [1.165, 1.54) is 5.56 Å². The fourth-order valence-electron chi connectivity index (χ4n) is 2.30. The van der Waals surface area contributed by atoms with Crippen LogP contribution >= 0.6 is 0 Å². The van der Waals surface area contributed by atoms with Crippen molar-refractivity contribution in [1.29, 1.82) is 0 Å². The van der Waals surface area contributed by atoms with Crippen LogP contribution in [-0.2, 0) is 13.1 Å². The fourth-order valence-corrected chi connectivity index (χ4v) is 2.30. The topological polar surface area (TPSA) is 34.4 Å². The van der Waals surface area contributed by atoms with Gasteiger partial charge >= 0.3 is 0 Å². The van der Waals surface area contributed by atoms with Gasteiger partial charge in [-0.25, -0.2) is 0 Å². The molecule has 0 radical (unpaired) electrons. The Kier molecular flexibility index (Phi) is 4.56. The monoisotopic (exact) mass is 293 g/mol. The van der Waals surface area contributed by atoms with Gasteiger partial charge in [0.15, 0.2) is 0 Å². The van der Waals surface area contributed by atoms with Gasteiger partial charge in [0.2, 0.25) is 0 Å². The lowest BCUT2D eigenvalue weighted by atomic mass is 10.2.